The molecule has 0 bridgehead atoms. The summed E-state index contributed by atoms with van der Waals surface area (Å²) in [7, 11) is 0. The fourth-order valence-corrected chi connectivity index (χ4v) is 1.55. The molecule has 1 heteroatoms. The SMILES string of the molecule is CCCCCOc1c(C)cccc1C. The second-order valence-electron chi connectivity index (χ2n) is 3.78. The maximum atomic E-state index is 5.77. The van der Waals surface area contributed by atoms with Crippen LogP contribution in [0.5, 0.6) is 5.75 Å². The van der Waals surface area contributed by atoms with Gasteiger partial charge in [0.2, 0.25) is 0 Å². The molecule has 0 heterocycles. The smallest absolute Gasteiger partial charge is 0.125 e. The number of ether oxygens (including phenoxy) is 1. The Morgan fingerprint density at radius 2 is 1.71 bits per heavy atom. The number of benzene rings is 1. The summed E-state index contributed by atoms with van der Waals surface area (Å²) in [5.41, 5.74) is 2.47. The van der Waals surface area contributed by atoms with Gasteiger partial charge in [-0.1, -0.05) is 38.0 Å². The van der Waals surface area contributed by atoms with Crippen molar-refractivity contribution in [3.8, 4) is 5.75 Å². The molecule has 78 valence electrons. The summed E-state index contributed by atoms with van der Waals surface area (Å²) in [4.78, 5) is 0. The minimum Gasteiger partial charge on any atom is -0.493 e. The minimum atomic E-state index is 0.847. The van der Waals surface area contributed by atoms with E-state index < -0.39 is 0 Å². The van der Waals surface area contributed by atoms with Gasteiger partial charge in [-0.05, 0) is 31.4 Å². The second kappa shape index (κ2) is 5.69. The van der Waals surface area contributed by atoms with Crippen molar-refractivity contribution in [3.05, 3.63) is 29.3 Å². The summed E-state index contributed by atoms with van der Waals surface area (Å²) in [6.45, 7) is 7.25. The number of rotatable bonds is 5. The lowest BCUT2D eigenvalue weighted by Gasteiger charge is -2.11. The first-order valence-corrected chi connectivity index (χ1v) is 5.44. The Balaban J connectivity index is 2.49. The molecule has 0 saturated carbocycles. The third-order valence-electron chi connectivity index (χ3n) is 2.40. The van der Waals surface area contributed by atoms with E-state index in [1.165, 1.54) is 24.0 Å². The van der Waals surface area contributed by atoms with Gasteiger partial charge < -0.3 is 4.74 Å². The van der Waals surface area contributed by atoms with E-state index >= 15 is 0 Å². The summed E-state index contributed by atoms with van der Waals surface area (Å²) >= 11 is 0. The molecule has 0 amide bonds. The lowest BCUT2D eigenvalue weighted by Crippen LogP contribution is -2.00. The molecule has 0 fully saturated rings. The number of para-hydroxylation sites is 1. The lowest BCUT2D eigenvalue weighted by atomic mass is 10.1. The molecule has 0 N–H and O–H groups in total. The van der Waals surface area contributed by atoms with E-state index in [9.17, 15) is 0 Å². The summed E-state index contributed by atoms with van der Waals surface area (Å²) in [5.74, 6) is 1.07. The lowest BCUT2D eigenvalue weighted by molar-refractivity contribution is 0.302. The average Bonchev–Trinajstić information content (AvgIpc) is 2.16. The van der Waals surface area contributed by atoms with Crippen LogP contribution >= 0.6 is 0 Å². The standard InChI is InChI=1S/C13H20O/c1-4-5-6-10-14-13-11(2)8-7-9-12(13)3/h7-9H,4-6,10H2,1-3H3. The Morgan fingerprint density at radius 3 is 2.29 bits per heavy atom. The second-order valence-corrected chi connectivity index (χ2v) is 3.78. The summed E-state index contributed by atoms with van der Waals surface area (Å²) in [6, 6.07) is 6.27. The van der Waals surface area contributed by atoms with Crippen molar-refractivity contribution in [2.24, 2.45) is 0 Å². The largest absolute Gasteiger partial charge is 0.493 e. The molecular weight excluding hydrogens is 172 g/mol. The molecule has 0 radical (unpaired) electrons. The van der Waals surface area contributed by atoms with Crippen molar-refractivity contribution < 1.29 is 4.74 Å². The Labute approximate surface area is 87.1 Å². The zero-order valence-corrected chi connectivity index (χ0v) is 9.47. The van der Waals surface area contributed by atoms with Gasteiger partial charge in [0.1, 0.15) is 5.75 Å². The van der Waals surface area contributed by atoms with Crippen LogP contribution in [-0.2, 0) is 0 Å². The summed E-state index contributed by atoms with van der Waals surface area (Å²) in [6.07, 6.45) is 3.66. The highest BCUT2D eigenvalue weighted by molar-refractivity contribution is 5.39. The number of aryl methyl sites for hydroxylation is 2. The maximum absolute atomic E-state index is 5.77. The fraction of sp³-hybridized carbons (Fsp3) is 0.538. The van der Waals surface area contributed by atoms with Crippen LogP contribution < -0.4 is 4.74 Å². The molecule has 1 aromatic rings. The van der Waals surface area contributed by atoms with E-state index in [1.54, 1.807) is 0 Å². The van der Waals surface area contributed by atoms with E-state index in [0.717, 1.165) is 18.8 Å². The maximum Gasteiger partial charge on any atom is 0.125 e. The van der Waals surface area contributed by atoms with Crippen LogP contribution in [0.2, 0.25) is 0 Å². The monoisotopic (exact) mass is 192 g/mol. The van der Waals surface area contributed by atoms with Crippen LogP contribution in [0.1, 0.15) is 37.3 Å². The zero-order valence-electron chi connectivity index (χ0n) is 9.47. The first-order valence-electron chi connectivity index (χ1n) is 5.44. The predicted molar refractivity (Wildman–Crippen MR) is 60.9 cm³/mol. The number of hydrogen-bond donors (Lipinski definition) is 0. The van der Waals surface area contributed by atoms with Crippen LogP contribution in [0.4, 0.5) is 0 Å². The van der Waals surface area contributed by atoms with Gasteiger partial charge in [0.15, 0.2) is 0 Å². The molecule has 0 saturated heterocycles. The molecule has 0 aliphatic carbocycles. The van der Waals surface area contributed by atoms with Gasteiger partial charge in [-0.3, -0.25) is 0 Å². The minimum absolute atomic E-state index is 0.847. The van der Waals surface area contributed by atoms with Crippen LogP contribution in [0, 0.1) is 13.8 Å². The van der Waals surface area contributed by atoms with Crippen molar-refractivity contribution in [3.63, 3.8) is 0 Å². The molecule has 0 aliphatic heterocycles. The average molecular weight is 192 g/mol. The van der Waals surface area contributed by atoms with Crippen molar-refractivity contribution in [1.82, 2.24) is 0 Å². The van der Waals surface area contributed by atoms with E-state index in [2.05, 4.69) is 39.0 Å². The molecule has 0 unspecified atom stereocenters. The molecule has 1 rings (SSSR count). The number of unbranched alkanes of at least 4 members (excludes halogenated alkanes) is 2. The third-order valence-corrected chi connectivity index (χ3v) is 2.40. The molecule has 0 aromatic heterocycles. The van der Waals surface area contributed by atoms with Crippen molar-refractivity contribution >= 4 is 0 Å². The Hall–Kier alpha value is -0.980. The van der Waals surface area contributed by atoms with E-state index in [0.29, 0.717) is 0 Å². The van der Waals surface area contributed by atoms with Gasteiger partial charge in [0.25, 0.3) is 0 Å². The van der Waals surface area contributed by atoms with Crippen molar-refractivity contribution in [2.45, 2.75) is 40.0 Å². The van der Waals surface area contributed by atoms with Gasteiger partial charge in [0, 0.05) is 0 Å². The summed E-state index contributed by atoms with van der Waals surface area (Å²) < 4.78 is 5.77. The highest BCUT2D eigenvalue weighted by atomic mass is 16.5. The molecule has 1 aromatic carbocycles. The van der Waals surface area contributed by atoms with Crippen LogP contribution in [0.25, 0.3) is 0 Å². The van der Waals surface area contributed by atoms with Crippen molar-refractivity contribution in [1.29, 1.82) is 0 Å². The quantitative estimate of drug-likeness (QED) is 0.643. The van der Waals surface area contributed by atoms with Gasteiger partial charge in [0.05, 0.1) is 6.61 Å². The highest BCUT2D eigenvalue weighted by Gasteiger charge is 2.01. The topological polar surface area (TPSA) is 9.23 Å². The molecular formula is C13H20O. The first-order chi connectivity index (χ1) is 6.75. The van der Waals surface area contributed by atoms with Crippen LogP contribution in [0.3, 0.4) is 0 Å². The first kappa shape index (κ1) is 11.1. The van der Waals surface area contributed by atoms with Crippen LogP contribution in [-0.4, -0.2) is 6.61 Å². The summed E-state index contributed by atoms with van der Waals surface area (Å²) in [5, 5.41) is 0. The van der Waals surface area contributed by atoms with Gasteiger partial charge in [-0.2, -0.15) is 0 Å². The van der Waals surface area contributed by atoms with Gasteiger partial charge >= 0.3 is 0 Å². The molecule has 0 aliphatic rings. The van der Waals surface area contributed by atoms with E-state index in [1.807, 2.05) is 0 Å². The zero-order chi connectivity index (χ0) is 10.4. The molecule has 1 nitrogen and oxygen atoms in total. The van der Waals surface area contributed by atoms with E-state index in [4.69, 9.17) is 4.74 Å². The normalized spacial score (nSPS) is 10.2. The van der Waals surface area contributed by atoms with Crippen LogP contribution in [0.15, 0.2) is 18.2 Å². The molecule has 0 spiro atoms. The Bertz CT molecular complexity index is 258. The Kier molecular flexibility index (Phi) is 4.51. The van der Waals surface area contributed by atoms with Gasteiger partial charge in [-0.25, -0.2) is 0 Å². The van der Waals surface area contributed by atoms with Crippen molar-refractivity contribution in [2.75, 3.05) is 6.61 Å². The Morgan fingerprint density at radius 1 is 1.07 bits per heavy atom. The van der Waals surface area contributed by atoms with E-state index in [-0.39, 0.29) is 0 Å². The molecule has 14 heavy (non-hydrogen) atoms. The fourth-order valence-electron chi connectivity index (χ4n) is 1.55. The number of hydrogen-bond acceptors (Lipinski definition) is 1. The molecule has 0 atom stereocenters. The highest BCUT2D eigenvalue weighted by Crippen LogP contribution is 2.22. The van der Waals surface area contributed by atoms with Gasteiger partial charge in [-0.15, -0.1) is 0 Å². The predicted octanol–water partition coefficient (Wildman–Crippen LogP) is 3.87. The third kappa shape index (κ3) is 3.06.